The van der Waals surface area contributed by atoms with Gasteiger partial charge in [0.2, 0.25) is 0 Å². The van der Waals surface area contributed by atoms with E-state index in [1.54, 1.807) is 0 Å². The lowest BCUT2D eigenvalue weighted by Crippen LogP contribution is -2.36. The molecule has 3 rings (SSSR count). The fourth-order valence-electron chi connectivity index (χ4n) is 2.32. The summed E-state index contributed by atoms with van der Waals surface area (Å²) in [6, 6.07) is -1.65. The van der Waals surface area contributed by atoms with Crippen LogP contribution in [0.25, 0.3) is 10.9 Å². The summed E-state index contributed by atoms with van der Waals surface area (Å²) in [5, 5.41) is -0.280. The van der Waals surface area contributed by atoms with E-state index in [0.717, 1.165) is 6.07 Å². The Balaban J connectivity index is 2.41. The van der Waals surface area contributed by atoms with Gasteiger partial charge in [-0.3, -0.25) is 19.0 Å². The first-order valence-electron chi connectivity index (χ1n) is 8.99. The normalized spacial score (nSPS) is 29.5. The maximum atomic E-state index is 13.0. The Bertz CT molecular complexity index is 1020. The van der Waals surface area contributed by atoms with E-state index in [1.165, 1.54) is 0 Å². The number of aryl methyl sites for hydroxylation is 1. The average Bonchev–Trinajstić information content (AvgIpc) is 2.57. The first-order valence-corrected chi connectivity index (χ1v) is 6.21. The predicted octanol–water partition coefficient (Wildman–Crippen LogP) is 1.15. The van der Waals surface area contributed by atoms with E-state index >= 15 is 0 Å². The Morgan fingerprint density at radius 3 is 3.10 bits per heavy atom. The van der Waals surface area contributed by atoms with E-state index in [-0.39, 0.29) is 34.5 Å². The lowest BCUT2D eigenvalue weighted by atomic mass is 9.92. The first kappa shape index (κ1) is 8.71. The van der Waals surface area contributed by atoms with Crippen molar-refractivity contribution in [2.75, 3.05) is 5.73 Å². The van der Waals surface area contributed by atoms with Gasteiger partial charge in [0.05, 0.1) is 27.5 Å². The predicted molar refractivity (Wildman–Crippen MR) is 78.1 cm³/mol. The molecule has 1 aliphatic carbocycles. The third-order valence-electron chi connectivity index (χ3n) is 3.31. The largest absolute Gasteiger partial charge is 0.398 e. The number of ketones is 2. The van der Waals surface area contributed by atoms with Crippen molar-refractivity contribution < 1.29 is 16.4 Å². The van der Waals surface area contributed by atoms with Crippen molar-refractivity contribution in [1.29, 1.82) is 0 Å². The number of hydrogen-bond donors (Lipinski definition) is 1. The minimum Gasteiger partial charge on any atom is -0.398 e. The second-order valence-corrected chi connectivity index (χ2v) is 4.66. The van der Waals surface area contributed by atoms with E-state index in [1.807, 2.05) is 0 Å². The monoisotopic (exact) mass is 290 g/mol. The van der Waals surface area contributed by atoms with Crippen LogP contribution in [0.3, 0.4) is 0 Å². The molecule has 0 radical (unpaired) electrons. The van der Waals surface area contributed by atoms with Crippen molar-refractivity contribution in [3.05, 3.63) is 34.3 Å². The summed E-state index contributed by atoms with van der Waals surface area (Å²) in [4.78, 5) is 41.1. The van der Waals surface area contributed by atoms with Gasteiger partial charge in [-0.25, -0.2) is 4.98 Å². The molecular formula is C15H15N3O3. The summed E-state index contributed by atoms with van der Waals surface area (Å²) in [6.07, 6.45) is -2.55. The molecule has 2 atom stereocenters. The number of carbonyl (C=O) groups excluding carboxylic acids is 2. The second kappa shape index (κ2) is 4.80. The van der Waals surface area contributed by atoms with Gasteiger partial charge in [0.1, 0.15) is 11.6 Å². The summed E-state index contributed by atoms with van der Waals surface area (Å²) >= 11 is 0. The molecule has 6 heteroatoms. The summed E-state index contributed by atoms with van der Waals surface area (Å²) < 4.78 is 40.2. The number of fused-ring (bicyclic) bond motifs is 1. The van der Waals surface area contributed by atoms with Gasteiger partial charge in [-0.1, -0.05) is 6.07 Å². The van der Waals surface area contributed by atoms with Crippen LogP contribution in [0.1, 0.15) is 37.9 Å². The van der Waals surface area contributed by atoms with Crippen LogP contribution < -0.4 is 11.3 Å². The zero-order chi connectivity index (χ0) is 19.4. The molecule has 1 aromatic carbocycles. The van der Waals surface area contributed by atoms with Gasteiger partial charge in [-0.2, -0.15) is 0 Å². The molecule has 0 amide bonds. The molecule has 108 valence electrons. The molecule has 21 heavy (non-hydrogen) atoms. The first-order chi connectivity index (χ1) is 12.1. The molecule has 0 saturated heterocycles. The van der Waals surface area contributed by atoms with Crippen LogP contribution in [-0.4, -0.2) is 21.1 Å². The van der Waals surface area contributed by atoms with Crippen LogP contribution in [0.15, 0.2) is 22.9 Å². The Labute approximate surface area is 127 Å². The zero-order valence-electron chi connectivity index (χ0n) is 16.0. The molecule has 2 unspecified atom stereocenters. The number of hydrogen-bond acceptors (Lipinski definition) is 5. The Hall–Kier alpha value is -2.50. The molecule has 1 saturated carbocycles. The highest BCUT2D eigenvalue weighted by atomic mass is 16.2. The number of carbonyl (C=O) groups is 2. The maximum Gasteiger partial charge on any atom is 0.264 e. The van der Waals surface area contributed by atoms with Gasteiger partial charge in [-0.05, 0) is 25.4 Å². The lowest BCUT2D eigenvalue weighted by Gasteiger charge is -2.24. The van der Waals surface area contributed by atoms with Crippen molar-refractivity contribution in [2.24, 2.45) is 0 Å². The molecule has 2 aromatic rings. The molecule has 1 aliphatic rings. The van der Waals surface area contributed by atoms with Crippen molar-refractivity contribution in [3.8, 4) is 0 Å². The minimum absolute atomic E-state index is 0.118. The number of benzene rings is 1. The van der Waals surface area contributed by atoms with Gasteiger partial charge >= 0.3 is 0 Å². The SMILES string of the molecule is [2H]Cc1nc2c([2H])cc([2H])c(N)c2c(=O)n1C1([2H])CC([2H])C(=O)CC1=O. The Morgan fingerprint density at radius 1 is 1.52 bits per heavy atom. The highest BCUT2D eigenvalue weighted by Gasteiger charge is 2.30. The van der Waals surface area contributed by atoms with Crippen LogP contribution >= 0.6 is 0 Å². The van der Waals surface area contributed by atoms with Gasteiger partial charge < -0.3 is 5.73 Å². The van der Waals surface area contributed by atoms with Crippen LogP contribution in [0.5, 0.6) is 0 Å². The third-order valence-corrected chi connectivity index (χ3v) is 3.31. The van der Waals surface area contributed by atoms with Crippen LogP contribution in [0.4, 0.5) is 5.69 Å². The topological polar surface area (TPSA) is 95.0 Å². The molecule has 0 aliphatic heterocycles. The van der Waals surface area contributed by atoms with Gasteiger partial charge in [0.15, 0.2) is 5.78 Å². The van der Waals surface area contributed by atoms with Gasteiger partial charge in [-0.15, -0.1) is 0 Å². The lowest BCUT2D eigenvalue weighted by molar-refractivity contribution is -0.132. The average molecular weight is 290 g/mol. The quantitative estimate of drug-likeness (QED) is 0.628. The van der Waals surface area contributed by atoms with Crippen molar-refractivity contribution >= 4 is 28.2 Å². The molecule has 1 heterocycles. The fraction of sp³-hybridized carbons (Fsp3) is 0.333. The number of anilines is 1. The zero-order valence-corrected chi connectivity index (χ0v) is 11.0. The standard InChI is InChI=1S/C15H15N3O3/c1-8-17-11-4-2-3-10(16)14(11)15(21)18(8)12-6-5-9(19)7-13(12)20/h2-4,12H,5-7,16H2,1H3/i1D,3D,4D,5D,12D. The van der Waals surface area contributed by atoms with Crippen molar-refractivity contribution in [1.82, 2.24) is 9.55 Å². The third kappa shape index (κ3) is 2.12. The Morgan fingerprint density at radius 2 is 2.33 bits per heavy atom. The highest BCUT2D eigenvalue weighted by molar-refractivity contribution is 6.03. The minimum atomic E-state index is -2.26. The number of nitrogens with zero attached hydrogens (tertiary/aromatic N) is 2. The summed E-state index contributed by atoms with van der Waals surface area (Å²) in [5.41, 5.74) is 4.50. The van der Waals surface area contributed by atoms with E-state index in [2.05, 4.69) is 4.98 Å². The number of nitrogen functional groups attached to an aromatic ring is 1. The van der Waals surface area contributed by atoms with Gasteiger partial charge in [0, 0.05) is 14.8 Å². The summed E-state index contributed by atoms with van der Waals surface area (Å²) in [5.74, 6) is -1.73. The molecule has 1 aromatic heterocycles. The van der Waals surface area contributed by atoms with Crippen LogP contribution in [0, 0.1) is 6.90 Å². The molecule has 0 spiro atoms. The number of aromatic nitrogens is 2. The van der Waals surface area contributed by atoms with Crippen molar-refractivity contribution in [2.45, 2.75) is 32.2 Å². The fourth-order valence-corrected chi connectivity index (χ4v) is 2.32. The summed E-state index contributed by atoms with van der Waals surface area (Å²) in [6.45, 7) is -0.558. The van der Waals surface area contributed by atoms with E-state index < -0.39 is 49.3 Å². The maximum absolute atomic E-state index is 13.0. The molecule has 0 bridgehead atoms. The molecule has 6 nitrogen and oxygen atoms in total. The molecule has 2 N–H and O–H groups in total. The smallest absolute Gasteiger partial charge is 0.264 e. The highest BCUT2D eigenvalue weighted by Crippen LogP contribution is 2.24. The number of nitrogens with two attached hydrogens (primary N) is 1. The second-order valence-electron chi connectivity index (χ2n) is 4.66. The molecule has 1 fully saturated rings. The van der Waals surface area contributed by atoms with E-state index in [9.17, 15) is 14.4 Å². The Kier molecular flexibility index (Phi) is 1.99. The van der Waals surface area contributed by atoms with Crippen molar-refractivity contribution in [3.63, 3.8) is 0 Å². The van der Waals surface area contributed by atoms with E-state index in [0.29, 0.717) is 4.57 Å². The van der Waals surface area contributed by atoms with Gasteiger partial charge in [0.25, 0.3) is 5.56 Å². The number of Topliss-reactive ketones (excluding diaryl/α,β-unsaturated/α-hetero) is 2. The molecular weight excluding hydrogens is 270 g/mol. The summed E-state index contributed by atoms with van der Waals surface area (Å²) in [7, 11) is 0. The van der Waals surface area contributed by atoms with Crippen LogP contribution in [-0.2, 0) is 9.59 Å². The van der Waals surface area contributed by atoms with Crippen LogP contribution in [0.2, 0.25) is 0 Å². The van der Waals surface area contributed by atoms with E-state index in [4.69, 9.17) is 12.6 Å². The number of rotatable bonds is 1.